The second-order valence-electron chi connectivity index (χ2n) is 9.30. The molecule has 0 bridgehead atoms. The van der Waals surface area contributed by atoms with Gasteiger partial charge in [0.05, 0.1) is 5.69 Å². The monoisotopic (exact) mass is 486 g/mol. The molecule has 0 radical (unpaired) electrons. The lowest BCUT2D eigenvalue weighted by atomic mass is 9.90. The number of halogens is 1. The van der Waals surface area contributed by atoms with Crippen molar-refractivity contribution in [2.45, 2.75) is 39.2 Å². The van der Waals surface area contributed by atoms with E-state index < -0.39 is 0 Å². The summed E-state index contributed by atoms with van der Waals surface area (Å²) in [7, 11) is 0. The van der Waals surface area contributed by atoms with Crippen LogP contribution in [0.25, 0.3) is 5.65 Å². The average Bonchev–Trinajstić information content (AvgIpc) is 3.26. The molecule has 5 nitrogen and oxygen atoms in total. The van der Waals surface area contributed by atoms with Gasteiger partial charge in [0.1, 0.15) is 11.3 Å². The molecular weight excluding hydrogens is 456 g/mol. The minimum absolute atomic E-state index is 0.124. The smallest absolute Gasteiger partial charge is 0.270 e. The third-order valence-corrected chi connectivity index (χ3v) is 7.18. The number of piperidine rings is 1. The molecule has 0 saturated carbocycles. The van der Waals surface area contributed by atoms with Gasteiger partial charge in [-0.3, -0.25) is 9.20 Å². The van der Waals surface area contributed by atoms with Crippen LogP contribution in [0.3, 0.4) is 0 Å². The predicted octanol–water partition coefficient (Wildman–Crippen LogP) is 5.94. The molecule has 1 amide bonds. The summed E-state index contributed by atoms with van der Waals surface area (Å²) >= 11 is 6.10. The zero-order valence-corrected chi connectivity index (χ0v) is 20.8. The summed E-state index contributed by atoms with van der Waals surface area (Å²) in [5, 5.41) is 3.67. The Kier molecular flexibility index (Phi) is 7.05. The minimum atomic E-state index is -0.124. The topological polar surface area (TPSA) is 49.6 Å². The fraction of sp³-hybridized carbons (Fsp3) is 0.310. The number of carbonyl (C=O) groups excluding carboxylic acids is 1. The highest BCUT2D eigenvalue weighted by atomic mass is 35.5. The number of fused-ring (bicyclic) bond motifs is 1. The second kappa shape index (κ2) is 10.5. The maximum absolute atomic E-state index is 13.0. The number of amides is 1. The summed E-state index contributed by atoms with van der Waals surface area (Å²) in [5.74, 6) is 0.632. The molecule has 1 aliphatic rings. The zero-order valence-electron chi connectivity index (χ0n) is 20.1. The molecule has 0 unspecified atom stereocenters. The molecule has 1 fully saturated rings. The Hall–Kier alpha value is -3.31. The van der Waals surface area contributed by atoms with Gasteiger partial charge < -0.3 is 10.2 Å². The Morgan fingerprint density at radius 1 is 1.03 bits per heavy atom. The maximum atomic E-state index is 13.0. The van der Waals surface area contributed by atoms with E-state index in [1.54, 1.807) is 18.3 Å². The number of nitrogens with zero attached hydrogens (tertiary/aromatic N) is 3. The first kappa shape index (κ1) is 23.4. The van der Waals surface area contributed by atoms with Crippen LogP contribution in [0.15, 0.2) is 72.9 Å². The van der Waals surface area contributed by atoms with E-state index in [1.807, 2.05) is 11.3 Å². The molecule has 2 aromatic carbocycles. The van der Waals surface area contributed by atoms with E-state index >= 15 is 0 Å². The fourth-order valence-electron chi connectivity index (χ4n) is 4.99. The van der Waals surface area contributed by atoms with Crippen molar-refractivity contribution in [3.8, 4) is 0 Å². The van der Waals surface area contributed by atoms with E-state index in [2.05, 4.69) is 69.8 Å². The zero-order chi connectivity index (χ0) is 24.2. The first-order valence-corrected chi connectivity index (χ1v) is 12.8. The third-order valence-electron chi connectivity index (χ3n) is 6.95. The summed E-state index contributed by atoms with van der Waals surface area (Å²) in [5.41, 5.74) is 5.82. The number of carbonyl (C=O) groups is 1. The summed E-state index contributed by atoms with van der Waals surface area (Å²) in [4.78, 5) is 20.1. The van der Waals surface area contributed by atoms with E-state index in [1.165, 1.54) is 30.5 Å². The summed E-state index contributed by atoms with van der Waals surface area (Å²) in [6.07, 6.45) is 6.09. The van der Waals surface area contributed by atoms with Crippen molar-refractivity contribution in [3.05, 3.63) is 100 Å². The predicted molar refractivity (Wildman–Crippen MR) is 142 cm³/mol. The van der Waals surface area contributed by atoms with Crippen molar-refractivity contribution in [3.63, 3.8) is 0 Å². The highest BCUT2D eigenvalue weighted by Crippen LogP contribution is 2.26. The van der Waals surface area contributed by atoms with Gasteiger partial charge in [0.2, 0.25) is 0 Å². The van der Waals surface area contributed by atoms with Crippen LogP contribution in [0.5, 0.6) is 0 Å². The van der Waals surface area contributed by atoms with Crippen LogP contribution in [0, 0.1) is 5.92 Å². The second-order valence-corrected chi connectivity index (χ2v) is 9.74. The third kappa shape index (κ3) is 5.35. The van der Waals surface area contributed by atoms with Gasteiger partial charge in [-0.2, -0.15) is 0 Å². The van der Waals surface area contributed by atoms with Gasteiger partial charge in [-0.25, -0.2) is 4.98 Å². The molecule has 0 aliphatic carbocycles. The van der Waals surface area contributed by atoms with Crippen LogP contribution in [0.2, 0.25) is 5.02 Å². The number of imidazole rings is 1. The number of benzene rings is 2. The van der Waals surface area contributed by atoms with Crippen molar-refractivity contribution in [1.29, 1.82) is 0 Å². The molecule has 4 aromatic rings. The minimum Gasteiger partial charge on any atom is -0.372 e. The van der Waals surface area contributed by atoms with Crippen molar-refractivity contribution in [2.75, 3.05) is 18.0 Å². The molecule has 5 rings (SSSR count). The highest BCUT2D eigenvalue weighted by Gasteiger charge is 2.20. The number of hydrogen-bond donors (Lipinski definition) is 1. The van der Waals surface area contributed by atoms with Crippen molar-refractivity contribution in [2.24, 2.45) is 5.92 Å². The molecule has 1 N–H and O–H groups in total. The Morgan fingerprint density at radius 2 is 1.77 bits per heavy atom. The molecule has 0 atom stereocenters. The Balaban J connectivity index is 1.17. The van der Waals surface area contributed by atoms with Crippen LogP contribution in [0.1, 0.15) is 47.1 Å². The van der Waals surface area contributed by atoms with Crippen molar-refractivity contribution < 1.29 is 4.79 Å². The van der Waals surface area contributed by atoms with Gasteiger partial charge in [0.25, 0.3) is 5.91 Å². The first-order valence-electron chi connectivity index (χ1n) is 12.4. The molecular formula is C29H31ClN4O. The van der Waals surface area contributed by atoms with E-state index in [0.29, 0.717) is 29.3 Å². The number of nitrogens with one attached hydrogen (secondary N) is 1. The highest BCUT2D eigenvalue weighted by molar-refractivity contribution is 6.30. The van der Waals surface area contributed by atoms with Crippen LogP contribution < -0.4 is 10.2 Å². The Morgan fingerprint density at radius 3 is 2.49 bits per heavy atom. The van der Waals surface area contributed by atoms with Crippen LogP contribution in [0.4, 0.5) is 5.69 Å². The standard InChI is InChI=1S/C29H31ClN4O/c1-2-26-28(34-17-14-24(30)19-27(34)32-26)29(35)31-20-23-8-10-25(11-9-23)33-15-12-22(13-16-33)18-21-6-4-3-5-7-21/h3-11,14,17,19,22H,2,12-13,15-16,18,20H2,1H3,(H,31,35). The Labute approximate surface area is 211 Å². The average molecular weight is 487 g/mol. The molecule has 1 aliphatic heterocycles. The first-order chi connectivity index (χ1) is 17.1. The van der Waals surface area contributed by atoms with Crippen LogP contribution >= 0.6 is 11.6 Å². The van der Waals surface area contributed by atoms with E-state index in [-0.39, 0.29) is 5.91 Å². The van der Waals surface area contributed by atoms with Gasteiger partial charge >= 0.3 is 0 Å². The molecule has 180 valence electrons. The van der Waals surface area contributed by atoms with E-state index in [0.717, 1.165) is 30.3 Å². The summed E-state index contributed by atoms with van der Waals surface area (Å²) in [6.45, 7) is 4.66. The summed E-state index contributed by atoms with van der Waals surface area (Å²) in [6, 6.07) is 22.9. The maximum Gasteiger partial charge on any atom is 0.270 e. The number of pyridine rings is 1. The molecule has 3 heterocycles. The Bertz CT molecular complexity index is 1290. The lowest BCUT2D eigenvalue weighted by molar-refractivity contribution is 0.0944. The van der Waals surface area contributed by atoms with Crippen molar-refractivity contribution in [1.82, 2.24) is 14.7 Å². The van der Waals surface area contributed by atoms with Gasteiger partial charge in [-0.05, 0) is 60.9 Å². The van der Waals surface area contributed by atoms with E-state index in [4.69, 9.17) is 11.6 Å². The van der Waals surface area contributed by atoms with Crippen LogP contribution in [-0.2, 0) is 19.4 Å². The fourth-order valence-corrected chi connectivity index (χ4v) is 5.14. The normalized spacial score (nSPS) is 14.4. The molecule has 1 saturated heterocycles. The number of aromatic nitrogens is 2. The summed E-state index contributed by atoms with van der Waals surface area (Å²) < 4.78 is 1.81. The molecule has 0 spiro atoms. The molecule has 35 heavy (non-hydrogen) atoms. The molecule has 6 heteroatoms. The van der Waals surface area contributed by atoms with Crippen LogP contribution in [-0.4, -0.2) is 28.4 Å². The number of rotatable bonds is 7. The lowest BCUT2D eigenvalue weighted by Gasteiger charge is -2.33. The quantitative estimate of drug-likeness (QED) is 0.351. The lowest BCUT2D eigenvalue weighted by Crippen LogP contribution is -2.34. The molecule has 2 aromatic heterocycles. The largest absolute Gasteiger partial charge is 0.372 e. The van der Waals surface area contributed by atoms with Gasteiger partial charge in [0.15, 0.2) is 0 Å². The van der Waals surface area contributed by atoms with Crippen molar-refractivity contribution >= 4 is 28.8 Å². The number of hydrogen-bond acceptors (Lipinski definition) is 3. The SMILES string of the molecule is CCc1nc2cc(Cl)ccn2c1C(=O)NCc1ccc(N2CCC(Cc3ccccc3)CC2)cc1. The van der Waals surface area contributed by atoms with Gasteiger partial charge in [0, 0.05) is 42.6 Å². The number of anilines is 1. The van der Waals surface area contributed by atoms with Gasteiger partial charge in [-0.1, -0.05) is 61.0 Å². The van der Waals surface area contributed by atoms with Gasteiger partial charge in [-0.15, -0.1) is 0 Å². The van der Waals surface area contributed by atoms with E-state index in [9.17, 15) is 4.79 Å². The number of aryl methyl sites for hydroxylation is 1.